The van der Waals surface area contributed by atoms with Crippen molar-refractivity contribution < 1.29 is 9.84 Å². The van der Waals surface area contributed by atoms with E-state index in [1.165, 1.54) is 16.5 Å². The molecule has 1 fully saturated rings. The highest BCUT2D eigenvalue weighted by molar-refractivity contribution is 5.74. The van der Waals surface area contributed by atoms with Gasteiger partial charge in [-0.15, -0.1) is 0 Å². The highest BCUT2D eigenvalue weighted by Crippen LogP contribution is 2.26. The van der Waals surface area contributed by atoms with Crippen molar-refractivity contribution in [3.63, 3.8) is 0 Å². The number of ether oxygens (including phenoxy) is 1. The van der Waals surface area contributed by atoms with Gasteiger partial charge < -0.3 is 9.84 Å². The molecule has 1 aliphatic heterocycles. The number of para-hydroxylation sites is 2. The molecule has 38 heavy (non-hydrogen) atoms. The molecule has 0 radical (unpaired) electrons. The number of nitrogens with zero attached hydrogens (tertiary/aromatic N) is 5. The molecule has 1 saturated heterocycles. The molecule has 3 heterocycles. The van der Waals surface area contributed by atoms with Gasteiger partial charge in [-0.3, -0.25) is 14.3 Å². The van der Waals surface area contributed by atoms with Gasteiger partial charge in [0.05, 0.1) is 24.0 Å². The second kappa shape index (κ2) is 10.2. The highest BCUT2D eigenvalue weighted by atomic mass is 16.5. The van der Waals surface area contributed by atoms with E-state index in [0.717, 1.165) is 36.8 Å². The Morgan fingerprint density at radius 1 is 0.868 bits per heavy atom. The third-order valence-electron chi connectivity index (χ3n) is 7.12. The van der Waals surface area contributed by atoms with Crippen LogP contribution >= 0.6 is 0 Å². The van der Waals surface area contributed by atoms with Crippen molar-refractivity contribution in [3.8, 4) is 17.2 Å². The SMILES string of the molecule is O=c1c2cnn(-c3ccccc3)c2ncn1CC1(O)CCN(Cc2ccc(Oc3ccccc3)cc2)CC1. The van der Waals surface area contributed by atoms with Gasteiger partial charge in [-0.25, -0.2) is 9.67 Å². The van der Waals surface area contributed by atoms with Crippen molar-refractivity contribution in [1.29, 1.82) is 0 Å². The van der Waals surface area contributed by atoms with Crippen LogP contribution in [0, 0.1) is 0 Å². The quantitative estimate of drug-likeness (QED) is 0.352. The largest absolute Gasteiger partial charge is 0.457 e. The normalized spacial score (nSPS) is 15.5. The topological polar surface area (TPSA) is 85.4 Å². The van der Waals surface area contributed by atoms with Crippen LogP contribution < -0.4 is 10.3 Å². The molecule has 192 valence electrons. The number of piperidine rings is 1. The summed E-state index contributed by atoms with van der Waals surface area (Å²) in [5.74, 6) is 1.62. The van der Waals surface area contributed by atoms with E-state index in [1.807, 2.05) is 72.8 Å². The van der Waals surface area contributed by atoms with Gasteiger partial charge in [-0.05, 0) is 54.8 Å². The molecule has 0 aliphatic carbocycles. The van der Waals surface area contributed by atoms with Crippen molar-refractivity contribution in [1.82, 2.24) is 24.2 Å². The number of fused-ring (bicyclic) bond motifs is 1. The molecular formula is C30H29N5O3. The first-order valence-electron chi connectivity index (χ1n) is 12.8. The number of likely N-dealkylation sites (tertiary alicyclic amines) is 1. The Morgan fingerprint density at radius 2 is 1.53 bits per heavy atom. The van der Waals surface area contributed by atoms with E-state index in [4.69, 9.17) is 4.74 Å². The molecule has 3 aromatic carbocycles. The molecule has 0 unspecified atom stereocenters. The molecule has 2 aromatic heterocycles. The summed E-state index contributed by atoms with van der Waals surface area (Å²) in [5.41, 5.74) is 1.40. The Labute approximate surface area is 220 Å². The van der Waals surface area contributed by atoms with Crippen molar-refractivity contribution in [3.05, 3.63) is 113 Å². The lowest BCUT2D eigenvalue weighted by Crippen LogP contribution is -2.47. The molecule has 0 amide bonds. The zero-order chi connectivity index (χ0) is 26.0. The zero-order valence-corrected chi connectivity index (χ0v) is 21.0. The third-order valence-corrected chi connectivity index (χ3v) is 7.12. The van der Waals surface area contributed by atoms with Gasteiger partial charge >= 0.3 is 0 Å². The lowest BCUT2D eigenvalue weighted by molar-refractivity contribution is -0.0364. The van der Waals surface area contributed by atoms with E-state index in [9.17, 15) is 9.90 Å². The van der Waals surface area contributed by atoms with Gasteiger partial charge in [0, 0.05) is 19.6 Å². The third kappa shape index (κ3) is 5.09. The Morgan fingerprint density at radius 3 is 2.24 bits per heavy atom. The summed E-state index contributed by atoms with van der Waals surface area (Å²) < 4.78 is 9.06. The second-order valence-corrected chi connectivity index (χ2v) is 9.87. The fourth-order valence-corrected chi connectivity index (χ4v) is 4.97. The average molecular weight is 508 g/mol. The summed E-state index contributed by atoms with van der Waals surface area (Å²) in [4.78, 5) is 20.0. The van der Waals surface area contributed by atoms with Crippen molar-refractivity contribution in [2.75, 3.05) is 13.1 Å². The van der Waals surface area contributed by atoms with Crippen LogP contribution in [0.4, 0.5) is 0 Å². The van der Waals surface area contributed by atoms with Gasteiger partial charge in [-0.1, -0.05) is 48.5 Å². The second-order valence-electron chi connectivity index (χ2n) is 9.87. The molecule has 5 aromatic rings. The summed E-state index contributed by atoms with van der Waals surface area (Å²) in [6, 6.07) is 27.5. The minimum absolute atomic E-state index is 0.189. The van der Waals surface area contributed by atoms with Crippen molar-refractivity contribution >= 4 is 11.0 Å². The van der Waals surface area contributed by atoms with Gasteiger partial charge in [0.1, 0.15) is 23.2 Å². The molecule has 1 N–H and O–H groups in total. The highest BCUT2D eigenvalue weighted by Gasteiger charge is 2.33. The first-order valence-corrected chi connectivity index (χ1v) is 12.8. The molecule has 0 saturated carbocycles. The van der Waals surface area contributed by atoms with Crippen LogP contribution in [0.15, 0.2) is 102 Å². The lowest BCUT2D eigenvalue weighted by Gasteiger charge is -2.38. The Hall–Kier alpha value is -4.27. The molecule has 0 atom stereocenters. The summed E-state index contributed by atoms with van der Waals surface area (Å²) in [7, 11) is 0. The van der Waals surface area contributed by atoms with Crippen LogP contribution in [0.2, 0.25) is 0 Å². The van der Waals surface area contributed by atoms with E-state index in [2.05, 4.69) is 27.1 Å². The Balaban J connectivity index is 1.08. The maximum absolute atomic E-state index is 13.2. The minimum Gasteiger partial charge on any atom is -0.457 e. The van der Waals surface area contributed by atoms with Gasteiger partial charge in [0.25, 0.3) is 5.56 Å². The molecule has 0 spiro atoms. The molecular weight excluding hydrogens is 478 g/mol. The number of hydrogen-bond donors (Lipinski definition) is 1. The minimum atomic E-state index is -0.960. The van der Waals surface area contributed by atoms with Crippen LogP contribution in [0.25, 0.3) is 16.7 Å². The van der Waals surface area contributed by atoms with Crippen molar-refractivity contribution in [2.45, 2.75) is 31.5 Å². The number of aliphatic hydroxyl groups is 1. The lowest BCUT2D eigenvalue weighted by atomic mass is 9.91. The van der Waals surface area contributed by atoms with Crippen LogP contribution in [0.1, 0.15) is 18.4 Å². The predicted octanol–water partition coefficient (Wildman–Crippen LogP) is 4.40. The standard InChI is InChI=1S/C30H29N5O3/c36-29-27-19-32-35(24-7-3-1-4-8-24)28(27)31-22-34(29)21-30(37)15-17-33(18-16-30)20-23-11-13-26(14-12-23)38-25-9-5-2-6-10-25/h1-14,19,22,37H,15-18,20-21H2. The molecule has 8 heteroatoms. The van der Waals surface area contributed by atoms with Crippen LogP contribution in [-0.2, 0) is 13.1 Å². The molecule has 1 aliphatic rings. The first-order chi connectivity index (χ1) is 18.6. The molecule has 8 nitrogen and oxygen atoms in total. The van der Waals surface area contributed by atoms with Crippen LogP contribution in [0.3, 0.4) is 0 Å². The van der Waals surface area contributed by atoms with E-state index in [0.29, 0.717) is 23.9 Å². The monoisotopic (exact) mass is 507 g/mol. The fourth-order valence-electron chi connectivity index (χ4n) is 4.97. The summed E-state index contributed by atoms with van der Waals surface area (Å²) in [6.45, 7) is 2.50. The summed E-state index contributed by atoms with van der Waals surface area (Å²) in [6.07, 6.45) is 4.23. The van der Waals surface area contributed by atoms with Crippen LogP contribution in [-0.4, -0.2) is 48.0 Å². The van der Waals surface area contributed by atoms with Gasteiger partial charge in [0.15, 0.2) is 5.65 Å². The Bertz CT molecular complexity index is 1570. The van der Waals surface area contributed by atoms with Crippen LogP contribution in [0.5, 0.6) is 11.5 Å². The summed E-state index contributed by atoms with van der Waals surface area (Å²) in [5, 5.41) is 16.1. The van der Waals surface area contributed by atoms with Gasteiger partial charge in [0.2, 0.25) is 0 Å². The molecule has 6 rings (SSSR count). The first kappa shape index (κ1) is 24.1. The number of aromatic nitrogens is 4. The Kier molecular flexibility index (Phi) is 6.49. The average Bonchev–Trinajstić information content (AvgIpc) is 3.39. The number of rotatable bonds is 7. The fraction of sp³-hybridized carbons (Fsp3) is 0.233. The number of hydrogen-bond acceptors (Lipinski definition) is 6. The molecule has 0 bridgehead atoms. The van der Waals surface area contributed by atoms with Crippen molar-refractivity contribution in [2.24, 2.45) is 0 Å². The smallest absolute Gasteiger partial charge is 0.264 e. The van der Waals surface area contributed by atoms with E-state index in [-0.39, 0.29) is 12.1 Å². The van der Waals surface area contributed by atoms with E-state index < -0.39 is 5.60 Å². The zero-order valence-electron chi connectivity index (χ0n) is 21.0. The maximum atomic E-state index is 13.2. The summed E-state index contributed by atoms with van der Waals surface area (Å²) >= 11 is 0. The maximum Gasteiger partial charge on any atom is 0.264 e. The van der Waals surface area contributed by atoms with Gasteiger partial charge in [-0.2, -0.15) is 5.10 Å². The van der Waals surface area contributed by atoms with E-state index >= 15 is 0 Å². The number of benzene rings is 3. The van der Waals surface area contributed by atoms with E-state index in [1.54, 1.807) is 10.9 Å². The predicted molar refractivity (Wildman–Crippen MR) is 146 cm³/mol.